The Labute approximate surface area is 118 Å². The van der Waals surface area contributed by atoms with E-state index >= 15 is 0 Å². The van der Waals surface area contributed by atoms with Gasteiger partial charge in [-0.25, -0.2) is 4.39 Å². The lowest BCUT2D eigenvalue weighted by Crippen LogP contribution is -2.10. The van der Waals surface area contributed by atoms with Gasteiger partial charge in [-0.2, -0.15) is 0 Å². The molecular weight excluding hydrogens is 257 g/mol. The summed E-state index contributed by atoms with van der Waals surface area (Å²) in [5.41, 5.74) is 6.44. The van der Waals surface area contributed by atoms with Crippen molar-refractivity contribution in [3.63, 3.8) is 0 Å². The first-order valence-electron chi connectivity index (χ1n) is 6.52. The van der Waals surface area contributed by atoms with Crippen LogP contribution in [0, 0.1) is 5.82 Å². The zero-order valence-electron chi connectivity index (χ0n) is 11.4. The van der Waals surface area contributed by atoms with E-state index in [0.29, 0.717) is 6.61 Å². The number of para-hydroxylation sites is 1. The van der Waals surface area contributed by atoms with Gasteiger partial charge in [0.2, 0.25) is 0 Å². The van der Waals surface area contributed by atoms with Gasteiger partial charge < -0.3 is 15.2 Å². The fraction of sp³-hybridized carbons (Fsp3) is 0.250. The van der Waals surface area contributed by atoms with Crippen molar-refractivity contribution in [1.82, 2.24) is 0 Å². The van der Waals surface area contributed by atoms with Crippen LogP contribution in [0.15, 0.2) is 48.5 Å². The molecular formula is C16H18FNO2. The van der Waals surface area contributed by atoms with Crippen molar-refractivity contribution in [3.05, 3.63) is 59.9 Å². The van der Waals surface area contributed by atoms with Crippen molar-refractivity contribution in [2.45, 2.75) is 13.0 Å². The Kier molecular flexibility index (Phi) is 4.96. The smallest absolute Gasteiger partial charge is 0.165 e. The van der Waals surface area contributed by atoms with E-state index in [-0.39, 0.29) is 18.4 Å². The van der Waals surface area contributed by atoms with E-state index in [1.807, 2.05) is 37.3 Å². The third kappa shape index (κ3) is 3.96. The van der Waals surface area contributed by atoms with Crippen LogP contribution >= 0.6 is 0 Å². The fourth-order valence-corrected chi connectivity index (χ4v) is 1.75. The number of hydrogen-bond donors (Lipinski definition) is 1. The molecule has 0 spiro atoms. The summed E-state index contributed by atoms with van der Waals surface area (Å²) in [6.45, 7) is 2.45. The highest BCUT2D eigenvalue weighted by Gasteiger charge is 2.07. The predicted octanol–water partition coefficient (Wildman–Crippen LogP) is 3.30. The maximum Gasteiger partial charge on any atom is 0.165 e. The van der Waals surface area contributed by atoms with E-state index in [2.05, 4.69) is 0 Å². The highest BCUT2D eigenvalue weighted by molar-refractivity contribution is 5.30. The molecule has 0 fully saturated rings. The number of nitrogens with two attached hydrogens (primary N) is 1. The molecule has 0 radical (unpaired) electrons. The molecule has 0 bridgehead atoms. The SMILES string of the molecule is C[C@H](N)c1ccc(OCCOc2ccccc2)c(F)c1. The zero-order valence-corrected chi connectivity index (χ0v) is 11.4. The molecule has 0 unspecified atom stereocenters. The molecule has 0 aromatic heterocycles. The molecule has 2 N–H and O–H groups in total. The summed E-state index contributed by atoms with van der Waals surface area (Å²) < 4.78 is 24.6. The third-order valence-electron chi connectivity index (χ3n) is 2.83. The Morgan fingerprint density at radius 1 is 1.05 bits per heavy atom. The van der Waals surface area contributed by atoms with Crippen LogP contribution in [-0.4, -0.2) is 13.2 Å². The summed E-state index contributed by atoms with van der Waals surface area (Å²) in [6.07, 6.45) is 0. The van der Waals surface area contributed by atoms with Gasteiger partial charge in [0.05, 0.1) is 0 Å². The van der Waals surface area contributed by atoms with Gasteiger partial charge >= 0.3 is 0 Å². The lowest BCUT2D eigenvalue weighted by atomic mass is 10.1. The quantitative estimate of drug-likeness (QED) is 0.823. The lowest BCUT2D eigenvalue weighted by Gasteiger charge is -2.11. The van der Waals surface area contributed by atoms with Crippen LogP contribution in [0.2, 0.25) is 0 Å². The van der Waals surface area contributed by atoms with Crippen LogP contribution in [0.3, 0.4) is 0 Å². The van der Waals surface area contributed by atoms with Gasteiger partial charge in [0, 0.05) is 6.04 Å². The molecule has 3 nitrogen and oxygen atoms in total. The normalized spacial score (nSPS) is 11.9. The molecule has 0 aliphatic carbocycles. The van der Waals surface area contributed by atoms with Crippen LogP contribution in [0.5, 0.6) is 11.5 Å². The Bertz CT molecular complexity index is 543. The molecule has 0 heterocycles. The molecule has 2 aromatic rings. The highest BCUT2D eigenvalue weighted by atomic mass is 19.1. The highest BCUT2D eigenvalue weighted by Crippen LogP contribution is 2.21. The van der Waals surface area contributed by atoms with Crippen LogP contribution in [-0.2, 0) is 0 Å². The van der Waals surface area contributed by atoms with Crippen molar-refractivity contribution in [2.24, 2.45) is 5.73 Å². The van der Waals surface area contributed by atoms with Crippen molar-refractivity contribution in [3.8, 4) is 11.5 Å². The minimum absolute atomic E-state index is 0.194. The van der Waals surface area contributed by atoms with Crippen molar-refractivity contribution >= 4 is 0 Å². The molecule has 0 amide bonds. The molecule has 1 atom stereocenters. The molecule has 106 valence electrons. The van der Waals surface area contributed by atoms with Gasteiger partial charge in [0.25, 0.3) is 0 Å². The number of ether oxygens (including phenoxy) is 2. The number of hydrogen-bond acceptors (Lipinski definition) is 3. The first-order chi connectivity index (χ1) is 9.66. The zero-order chi connectivity index (χ0) is 14.4. The van der Waals surface area contributed by atoms with E-state index in [1.165, 1.54) is 6.07 Å². The molecule has 0 aliphatic rings. The van der Waals surface area contributed by atoms with Crippen LogP contribution in [0.1, 0.15) is 18.5 Å². The first kappa shape index (κ1) is 14.3. The lowest BCUT2D eigenvalue weighted by molar-refractivity contribution is 0.211. The molecule has 2 rings (SSSR count). The summed E-state index contributed by atoms with van der Waals surface area (Å²) >= 11 is 0. The molecule has 4 heteroatoms. The number of halogens is 1. The second-order valence-electron chi connectivity index (χ2n) is 4.49. The summed E-state index contributed by atoms with van der Waals surface area (Å²) in [5, 5.41) is 0. The van der Waals surface area contributed by atoms with Gasteiger partial charge in [-0.05, 0) is 36.8 Å². The molecule has 20 heavy (non-hydrogen) atoms. The molecule has 0 saturated heterocycles. The van der Waals surface area contributed by atoms with Crippen LogP contribution < -0.4 is 15.2 Å². The maximum absolute atomic E-state index is 13.7. The second-order valence-corrected chi connectivity index (χ2v) is 4.49. The third-order valence-corrected chi connectivity index (χ3v) is 2.83. The Morgan fingerprint density at radius 2 is 1.75 bits per heavy atom. The van der Waals surface area contributed by atoms with Gasteiger partial charge in [-0.15, -0.1) is 0 Å². The summed E-state index contributed by atoms with van der Waals surface area (Å²) in [6, 6.07) is 14.0. The first-order valence-corrected chi connectivity index (χ1v) is 6.52. The summed E-state index contributed by atoms with van der Waals surface area (Å²) in [4.78, 5) is 0. The van der Waals surface area contributed by atoms with Crippen molar-refractivity contribution in [2.75, 3.05) is 13.2 Å². The number of rotatable bonds is 6. The monoisotopic (exact) mass is 275 g/mol. The Morgan fingerprint density at radius 3 is 2.40 bits per heavy atom. The van der Waals surface area contributed by atoms with Gasteiger partial charge in [-0.1, -0.05) is 24.3 Å². The average molecular weight is 275 g/mol. The van der Waals surface area contributed by atoms with E-state index in [1.54, 1.807) is 12.1 Å². The largest absolute Gasteiger partial charge is 0.490 e. The van der Waals surface area contributed by atoms with E-state index in [9.17, 15) is 4.39 Å². The summed E-state index contributed by atoms with van der Waals surface area (Å²) in [5.74, 6) is 0.578. The molecule has 0 aliphatic heterocycles. The second kappa shape index (κ2) is 6.91. The average Bonchev–Trinajstić information content (AvgIpc) is 2.46. The predicted molar refractivity (Wildman–Crippen MR) is 76.4 cm³/mol. The number of benzene rings is 2. The Balaban J connectivity index is 1.82. The van der Waals surface area contributed by atoms with Gasteiger partial charge in [-0.3, -0.25) is 0 Å². The fourth-order valence-electron chi connectivity index (χ4n) is 1.75. The molecule has 0 saturated carbocycles. The van der Waals surface area contributed by atoms with E-state index in [0.717, 1.165) is 11.3 Å². The van der Waals surface area contributed by atoms with Crippen LogP contribution in [0.4, 0.5) is 4.39 Å². The summed E-state index contributed by atoms with van der Waals surface area (Å²) in [7, 11) is 0. The minimum atomic E-state index is -0.403. The van der Waals surface area contributed by atoms with Gasteiger partial charge in [0.15, 0.2) is 11.6 Å². The maximum atomic E-state index is 13.7. The minimum Gasteiger partial charge on any atom is -0.490 e. The van der Waals surface area contributed by atoms with E-state index < -0.39 is 5.82 Å². The van der Waals surface area contributed by atoms with Crippen LogP contribution in [0.25, 0.3) is 0 Å². The van der Waals surface area contributed by atoms with Crippen molar-refractivity contribution in [1.29, 1.82) is 0 Å². The van der Waals surface area contributed by atoms with Gasteiger partial charge in [0.1, 0.15) is 19.0 Å². The molecule has 2 aromatic carbocycles. The van der Waals surface area contributed by atoms with Crippen molar-refractivity contribution < 1.29 is 13.9 Å². The standard InChI is InChI=1S/C16H18FNO2/c1-12(18)13-7-8-16(15(17)11-13)20-10-9-19-14-5-3-2-4-6-14/h2-8,11-12H,9-10,18H2,1H3/t12-/m0/s1. The van der Waals surface area contributed by atoms with E-state index in [4.69, 9.17) is 15.2 Å². The Hall–Kier alpha value is -2.07. The topological polar surface area (TPSA) is 44.5 Å².